The quantitative estimate of drug-likeness (QED) is 0.810. The molecule has 1 saturated heterocycles. The average molecular weight is 342 g/mol. The summed E-state index contributed by atoms with van der Waals surface area (Å²) in [6.07, 6.45) is 5.54. The van der Waals surface area contributed by atoms with Gasteiger partial charge in [-0.15, -0.1) is 16.9 Å². The lowest BCUT2D eigenvalue weighted by Crippen LogP contribution is -2.30. The van der Waals surface area contributed by atoms with Crippen LogP contribution in [0.15, 0.2) is 36.5 Å². The Labute approximate surface area is 146 Å². The molecule has 126 valence electrons. The van der Waals surface area contributed by atoms with Gasteiger partial charge < -0.3 is 4.90 Å². The largest absolute Gasteiger partial charge is 0.340 e. The van der Waals surface area contributed by atoms with Gasteiger partial charge in [0, 0.05) is 31.0 Å². The maximum atomic E-state index is 12.4. The highest BCUT2D eigenvalue weighted by Gasteiger charge is 2.31. The number of amides is 1. The first-order valence-corrected chi connectivity index (χ1v) is 9.76. The molecule has 1 aliphatic carbocycles. The van der Waals surface area contributed by atoms with E-state index in [1.54, 1.807) is 11.8 Å². The molecule has 2 aliphatic rings. The molecular formula is C18H22N4OS. The lowest BCUT2D eigenvalue weighted by molar-refractivity contribution is -0.127. The van der Waals surface area contributed by atoms with Gasteiger partial charge in [0.25, 0.3) is 0 Å². The SMILES string of the molecule is O=C(CSCc1ccccc1)N1CC[C@@H](n2cc(C3CC3)nn2)C1. The molecule has 5 nitrogen and oxygen atoms in total. The standard InChI is InChI=1S/C18H22N4OS/c23-18(13-24-12-14-4-2-1-3-5-14)21-9-8-16(10-21)22-11-17(19-20-22)15-6-7-15/h1-5,11,15-16H,6-10,12-13H2/t16-/m1/s1. The van der Waals surface area contributed by atoms with Gasteiger partial charge in [-0.05, 0) is 24.8 Å². The molecule has 0 unspecified atom stereocenters. The minimum atomic E-state index is 0.237. The van der Waals surface area contributed by atoms with Gasteiger partial charge in [0.05, 0.1) is 17.5 Å². The number of carbonyl (C=O) groups is 1. The van der Waals surface area contributed by atoms with E-state index >= 15 is 0 Å². The molecular weight excluding hydrogens is 320 g/mol. The third kappa shape index (κ3) is 3.64. The molecule has 1 aliphatic heterocycles. The topological polar surface area (TPSA) is 51.0 Å². The molecule has 6 heteroatoms. The van der Waals surface area contributed by atoms with Crippen molar-refractivity contribution in [2.45, 2.75) is 37.0 Å². The van der Waals surface area contributed by atoms with Gasteiger partial charge in [0.1, 0.15) is 0 Å². The second kappa shape index (κ2) is 6.97. The first-order chi connectivity index (χ1) is 11.8. The Bertz CT molecular complexity index is 698. The number of rotatable bonds is 6. The van der Waals surface area contributed by atoms with Gasteiger partial charge in [-0.3, -0.25) is 4.79 Å². The average Bonchev–Trinajstić information content (AvgIpc) is 3.13. The van der Waals surface area contributed by atoms with Crippen molar-refractivity contribution in [2.24, 2.45) is 0 Å². The molecule has 2 heterocycles. The lowest BCUT2D eigenvalue weighted by atomic mass is 10.2. The zero-order chi connectivity index (χ0) is 16.4. The fourth-order valence-corrected chi connectivity index (χ4v) is 4.03. The lowest BCUT2D eigenvalue weighted by Gasteiger charge is -2.16. The molecule has 2 aromatic rings. The molecule has 0 N–H and O–H groups in total. The van der Waals surface area contributed by atoms with Crippen molar-refractivity contribution < 1.29 is 4.79 Å². The second-order valence-corrected chi connectivity index (χ2v) is 7.64. The summed E-state index contributed by atoms with van der Waals surface area (Å²) in [6.45, 7) is 1.59. The Morgan fingerprint density at radius 3 is 2.83 bits per heavy atom. The Morgan fingerprint density at radius 2 is 2.04 bits per heavy atom. The zero-order valence-corrected chi connectivity index (χ0v) is 14.5. The van der Waals surface area contributed by atoms with Gasteiger partial charge in [0.2, 0.25) is 5.91 Å². The fourth-order valence-electron chi connectivity index (χ4n) is 3.14. The number of benzene rings is 1. The van der Waals surface area contributed by atoms with Gasteiger partial charge >= 0.3 is 0 Å². The molecule has 2 fully saturated rings. The van der Waals surface area contributed by atoms with Crippen LogP contribution in [0.5, 0.6) is 0 Å². The summed E-state index contributed by atoms with van der Waals surface area (Å²) in [4.78, 5) is 14.4. The Morgan fingerprint density at radius 1 is 1.21 bits per heavy atom. The minimum Gasteiger partial charge on any atom is -0.340 e. The van der Waals surface area contributed by atoms with Crippen molar-refractivity contribution in [2.75, 3.05) is 18.8 Å². The fraction of sp³-hybridized carbons (Fsp3) is 0.500. The normalized spacial score (nSPS) is 20.5. The van der Waals surface area contributed by atoms with Gasteiger partial charge in [-0.1, -0.05) is 35.5 Å². The third-order valence-electron chi connectivity index (χ3n) is 4.75. The smallest absolute Gasteiger partial charge is 0.232 e. The molecule has 1 amide bonds. The highest BCUT2D eigenvalue weighted by Crippen LogP contribution is 2.39. The van der Waals surface area contributed by atoms with E-state index in [0.717, 1.165) is 31.0 Å². The predicted octanol–water partition coefficient (Wildman–Crippen LogP) is 2.86. The third-order valence-corrected chi connectivity index (χ3v) is 5.74. The van der Waals surface area contributed by atoms with E-state index in [1.165, 1.54) is 18.4 Å². The van der Waals surface area contributed by atoms with Crippen molar-refractivity contribution in [3.8, 4) is 0 Å². The summed E-state index contributed by atoms with van der Waals surface area (Å²) >= 11 is 1.69. The second-order valence-electron chi connectivity index (χ2n) is 6.66. The Balaban J connectivity index is 1.25. The van der Waals surface area contributed by atoms with Crippen LogP contribution in [0.1, 0.15) is 42.5 Å². The number of hydrogen-bond donors (Lipinski definition) is 0. The van der Waals surface area contributed by atoms with Crippen LogP contribution in [0.3, 0.4) is 0 Å². The molecule has 0 spiro atoms. The van der Waals surface area contributed by atoms with E-state index in [4.69, 9.17) is 0 Å². The van der Waals surface area contributed by atoms with Crippen molar-refractivity contribution in [3.63, 3.8) is 0 Å². The molecule has 1 aromatic heterocycles. The van der Waals surface area contributed by atoms with Crippen molar-refractivity contribution in [3.05, 3.63) is 47.8 Å². The molecule has 1 aromatic carbocycles. The highest BCUT2D eigenvalue weighted by molar-refractivity contribution is 7.99. The highest BCUT2D eigenvalue weighted by atomic mass is 32.2. The number of nitrogens with zero attached hydrogens (tertiary/aromatic N) is 4. The van der Waals surface area contributed by atoms with Crippen LogP contribution in [0.2, 0.25) is 0 Å². The van der Waals surface area contributed by atoms with Crippen LogP contribution in [0.4, 0.5) is 0 Å². The van der Waals surface area contributed by atoms with Crippen LogP contribution in [0, 0.1) is 0 Å². The molecule has 1 atom stereocenters. The first-order valence-electron chi connectivity index (χ1n) is 8.61. The van der Waals surface area contributed by atoms with E-state index in [1.807, 2.05) is 27.8 Å². The Hall–Kier alpha value is -1.82. The van der Waals surface area contributed by atoms with Crippen LogP contribution in [0.25, 0.3) is 0 Å². The molecule has 0 bridgehead atoms. The van der Waals surface area contributed by atoms with Crippen LogP contribution >= 0.6 is 11.8 Å². The van der Waals surface area contributed by atoms with Gasteiger partial charge in [0.15, 0.2) is 0 Å². The van der Waals surface area contributed by atoms with Crippen LogP contribution in [-0.2, 0) is 10.5 Å². The molecule has 24 heavy (non-hydrogen) atoms. The number of thioether (sulfide) groups is 1. The van der Waals surface area contributed by atoms with E-state index in [2.05, 4.69) is 28.6 Å². The monoisotopic (exact) mass is 342 g/mol. The minimum absolute atomic E-state index is 0.237. The Kier molecular flexibility index (Phi) is 4.56. The summed E-state index contributed by atoms with van der Waals surface area (Å²) in [5.74, 6) is 2.30. The maximum Gasteiger partial charge on any atom is 0.232 e. The van der Waals surface area contributed by atoms with Crippen molar-refractivity contribution in [1.29, 1.82) is 0 Å². The summed E-state index contributed by atoms with van der Waals surface area (Å²) in [5.41, 5.74) is 2.39. The molecule has 4 rings (SSSR count). The predicted molar refractivity (Wildman–Crippen MR) is 94.8 cm³/mol. The van der Waals surface area contributed by atoms with E-state index in [9.17, 15) is 4.79 Å². The summed E-state index contributed by atoms with van der Waals surface area (Å²) < 4.78 is 1.97. The molecule has 1 saturated carbocycles. The van der Waals surface area contributed by atoms with E-state index in [0.29, 0.717) is 11.7 Å². The zero-order valence-electron chi connectivity index (χ0n) is 13.7. The summed E-state index contributed by atoms with van der Waals surface area (Å²) in [6, 6.07) is 10.6. The number of hydrogen-bond acceptors (Lipinski definition) is 4. The number of carbonyl (C=O) groups excluding carboxylic acids is 1. The van der Waals surface area contributed by atoms with Crippen LogP contribution < -0.4 is 0 Å². The first kappa shape index (κ1) is 15.7. The summed E-state index contributed by atoms with van der Waals surface area (Å²) in [5, 5.41) is 8.56. The van der Waals surface area contributed by atoms with Crippen molar-refractivity contribution >= 4 is 17.7 Å². The maximum absolute atomic E-state index is 12.4. The van der Waals surface area contributed by atoms with Gasteiger partial charge in [-0.2, -0.15) is 0 Å². The summed E-state index contributed by atoms with van der Waals surface area (Å²) in [7, 11) is 0. The molecule has 0 radical (unpaired) electrons. The van der Waals surface area contributed by atoms with Gasteiger partial charge in [-0.25, -0.2) is 4.68 Å². The van der Waals surface area contributed by atoms with E-state index in [-0.39, 0.29) is 11.9 Å². The van der Waals surface area contributed by atoms with Crippen molar-refractivity contribution in [1.82, 2.24) is 19.9 Å². The number of likely N-dealkylation sites (tertiary alicyclic amines) is 1. The number of aromatic nitrogens is 3. The van der Waals surface area contributed by atoms with Crippen LogP contribution in [-0.4, -0.2) is 44.6 Å². The van der Waals surface area contributed by atoms with E-state index < -0.39 is 0 Å².